The van der Waals surface area contributed by atoms with Gasteiger partial charge in [-0.15, -0.1) is 10.2 Å². The number of nitrogens with one attached hydrogen (secondary N) is 1. The lowest BCUT2D eigenvalue weighted by molar-refractivity contribution is -0.117. The van der Waals surface area contributed by atoms with E-state index >= 15 is 4.39 Å². The number of methoxy groups -OCH3 is 1. The molecule has 1 saturated heterocycles. The van der Waals surface area contributed by atoms with Crippen LogP contribution in [-0.4, -0.2) is 72.4 Å². The SMILES string of the molecule is COc1cc2c(Oc3ccc(CC(=O)N=Nc4c(O)[nH]c5ccccc45)cc3F)ccnc2cc1OCCCN1CCOCC1. The van der Waals surface area contributed by atoms with E-state index in [4.69, 9.17) is 18.9 Å². The van der Waals surface area contributed by atoms with Crippen LogP contribution in [0, 0.1) is 5.82 Å². The van der Waals surface area contributed by atoms with Crippen molar-refractivity contribution in [3.05, 3.63) is 78.2 Å². The largest absolute Gasteiger partial charge is 0.493 e. The average molecular weight is 614 g/mol. The van der Waals surface area contributed by atoms with Crippen LogP contribution in [0.3, 0.4) is 0 Å². The Hall–Kier alpha value is -5.07. The Morgan fingerprint density at radius 1 is 1.04 bits per heavy atom. The Kier molecular flexibility index (Phi) is 9.13. The molecule has 0 unspecified atom stereocenters. The normalized spacial score (nSPS) is 13.9. The fourth-order valence-corrected chi connectivity index (χ4v) is 5.17. The molecule has 1 aliphatic rings. The summed E-state index contributed by atoms with van der Waals surface area (Å²) in [5.41, 5.74) is 1.82. The summed E-state index contributed by atoms with van der Waals surface area (Å²) < 4.78 is 38.1. The van der Waals surface area contributed by atoms with Gasteiger partial charge in [0.05, 0.1) is 44.4 Å². The molecule has 1 aliphatic heterocycles. The molecule has 3 aromatic carbocycles. The third-order valence-electron chi connectivity index (χ3n) is 7.46. The van der Waals surface area contributed by atoms with Gasteiger partial charge in [0.2, 0.25) is 5.88 Å². The van der Waals surface area contributed by atoms with Gasteiger partial charge in [-0.1, -0.05) is 24.3 Å². The molecule has 5 aromatic rings. The molecule has 232 valence electrons. The first-order valence-corrected chi connectivity index (χ1v) is 14.6. The van der Waals surface area contributed by atoms with Crippen molar-refractivity contribution < 1.29 is 33.2 Å². The van der Waals surface area contributed by atoms with Gasteiger partial charge >= 0.3 is 0 Å². The van der Waals surface area contributed by atoms with Crippen molar-refractivity contribution in [2.45, 2.75) is 12.8 Å². The fraction of sp³-hybridized carbons (Fsp3) is 0.273. The summed E-state index contributed by atoms with van der Waals surface area (Å²) in [5.74, 6) is -0.00346. The number of hydrogen-bond donors (Lipinski definition) is 2. The van der Waals surface area contributed by atoms with Crippen LogP contribution in [0.5, 0.6) is 28.9 Å². The zero-order valence-corrected chi connectivity index (χ0v) is 24.7. The molecule has 6 rings (SSSR count). The monoisotopic (exact) mass is 613 g/mol. The maximum atomic E-state index is 15.1. The molecular weight excluding hydrogens is 581 g/mol. The van der Waals surface area contributed by atoms with Crippen LogP contribution in [0.4, 0.5) is 10.1 Å². The van der Waals surface area contributed by atoms with Crippen LogP contribution in [0.2, 0.25) is 0 Å². The van der Waals surface area contributed by atoms with Crippen molar-refractivity contribution in [1.82, 2.24) is 14.9 Å². The number of pyridine rings is 1. The summed E-state index contributed by atoms with van der Waals surface area (Å²) in [6.45, 7) is 4.82. The highest BCUT2D eigenvalue weighted by Gasteiger charge is 2.16. The average Bonchev–Trinajstić information content (AvgIpc) is 3.38. The lowest BCUT2D eigenvalue weighted by Gasteiger charge is -2.26. The van der Waals surface area contributed by atoms with Gasteiger partial charge in [-0.2, -0.15) is 0 Å². The number of aromatic amines is 1. The van der Waals surface area contributed by atoms with E-state index in [-0.39, 0.29) is 23.7 Å². The number of hydrogen-bond acceptors (Lipinski definition) is 9. The highest BCUT2D eigenvalue weighted by atomic mass is 19.1. The molecule has 11 nitrogen and oxygen atoms in total. The second-order valence-electron chi connectivity index (χ2n) is 10.5. The predicted molar refractivity (Wildman–Crippen MR) is 165 cm³/mol. The smallest absolute Gasteiger partial charge is 0.269 e. The number of H-pyrrole nitrogens is 1. The van der Waals surface area contributed by atoms with Crippen LogP contribution in [0.1, 0.15) is 12.0 Å². The molecule has 1 fully saturated rings. The van der Waals surface area contributed by atoms with Gasteiger partial charge in [-0.25, -0.2) is 4.39 Å². The summed E-state index contributed by atoms with van der Waals surface area (Å²) in [6, 6.07) is 16.6. The molecule has 3 heterocycles. The van der Waals surface area contributed by atoms with Crippen LogP contribution < -0.4 is 14.2 Å². The molecule has 45 heavy (non-hydrogen) atoms. The van der Waals surface area contributed by atoms with Crippen LogP contribution in [0.15, 0.2) is 77.1 Å². The summed E-state index contributed by atoms with van der Waals surface area (Å²) in [5, 5.41) is 19.0. The van der Waals surface area contributed by atoms with Crippen molar-refractivity contribution in [3.8, 4) is 28.9 Å². The fourth-order valence-electron chi connectivity index (χ4n) is 5.17. The highest BCUT2D eigenvalue weighted by molar-refractivity contribution is 5.94. The number of ether oxygens (including phenoxy) is 4. The van der Waals surface area contributed by atoms with Gasteiger partial charge in [0, 0.05) is 42.7 Å². The maximum Gasteiger partial charge on any atom is 0.269 e. The second-order valence-corrected chi connectivity index (χ2v) is 10.5. The van der Waals surface area contributed by atoms with Crippen molar-refractivity contribution in [1.29, 1.82) is 0 Å². The van der Waals surface area contributed by atoms with E-state index in [1.54, 1.807) is 55.8 Å². The number of amides is 1. The van der Waals surface area contributed by atoms with E-state index in [1.807, 2.05) is 6.07 Å². The predicted octanol–water partition coefficient (Wildman–Crippen LogP) is 6.32. The van der Waals surface area contributed by atoms with Crippen molar-refractivity contribution in [3.63, 3.8) is 0 Å². The third-order valence-corrected chi connectivity index (χ3v) is 7.46. The maximum absolute atomic E-state index is 15.1. The van der Waals surface area contributed by atoms with Gasteiger partial charge in [0.15, 0.2) is 28.8 Å². The summed E-state index contributed by atoms with van der Waals surface area (Å²) in [7, 11) is 1.56. The minimum Gasteiger partial charge on any atom is -0.493 e. The number of carbonyl (C=O) groups excluding carboxylic acids is 1. The molecule has 0 radical (unpaired) electrons. The summed E-state index contributed by atoms with van der Waals surface area (Å²) >= 11 is 0. The Balaban J connectivity index is 1.11. The number of benzene rings is 3. The quantitative estimate of drug-likeness (QED) is 0.131. The van der Waals surface area contributed by atoms with E-state index in [0.29, 0.717) is 51.2 Å². The molecule has 0 saturated carbocycles. The molecule has 0 aliphatic carbocycles. The first kappa shape index (κ1) is 30.0. The molecule has 0 spiro atoms. The summed E-state index contributed by atoms with van der Waals surface area (Å²) in [6.07, 6.45) is 2.25. The Morgan fingerprint density at radius 3 is 2.71 bits per heavy atom. The van der Waals surface area contributed by atoms with Gasteiger partial charge in [-0.05, 0) is 42.3 Å². The third kappa shape index (κ3) is 7.03. The summed E-state index contributed by atoms with van der Waals surface area (Å²) in [4.78, 5) is 22.1. The van der Waals surface area contributed by atoms with E-state index in [2.05, 4.69) is 25.1 Å². The number of azo groups is 1. The Bertz CT molecular complexity index is 1850. The molecular formula is C33H32FN5O6. The number of aromatic nitrogens is 2. The molecule has 0 bridgehead atoms. The number of rotatable bonds is 11. The van der Waals surface area contributed by atoms with Crippen LogP contribution >= 0.6 is 0 Å². The number of nitrogens with zero attached hydrogens (tertiary/aromatic N) is 4. The van der Waals surface area contributed by atoms with E-state index < -0.39 is 11.7 Å². The number of morpholine rings is 1. The molecule has 2 N–H and O–H groups in total. The van der Waals surface area contributed by atoms with E-state index in [0.717, 1.165) is 39.3 Å². The first-order valence-electron chi connectivity index (χ1n) is 14.6. The van der Waals surface area contributed by atoms with E-state index in [9.17, 15) is 9.90 Å². The lowest BCUT2D eigenvalue weighted by atomic mass is 10.1. The van der Waals surface area contributed by atoms with Gasteiger partial charge < -0.3 is 29.0 Å². The van der Waals surface area contributed by atoms with Gasteiger partial charge in [0.1, 0.15) is 5.75 Å². The van der Waals surface area contributed by atoms with Crippen LogP contribution in [-0.2, 0) is 16.0 Å². The number of fused-ring (bicyclic) bond motifs is 2. The Labute approximate surface area is 258 Å². The van der Waals surface area contributed by atoms with Crippen molar-refractivity contribution in [2.24, 2.45) is 10.2 Å². The van der Waals surface area contributed by atoms with Crippen molar-refractivity contribution in [2.75, 3.05) is 46.6 Å². The minimum atomic E-state index is -0.649. The van der Waals surface area contributed by atoms with Gasteiger partial charge in [0.25, 0.3) is 5.91 Å². The Morgan fingerprint density at radius 2 is 1.89 bits per heavy atom. The van der Waals surface area contributed by atoms with Crippen molar-refractivity contribution >= 4 is 33.4 Å². The number of halogens is 1. The second kappa shape index (κ2) is 13.7. The zero-order valence-electron chi connectivity index (χ0n) is 24.7. The standard InChI is InChI=1S/C33H32FN5O6/c1-42-29-19-23-26(20-30(29)44-14-4-11-39-12-15-43-16-13-39)35-10-9-27(23)45-28-8-7-21(17-24(28)34)18-31(40)37-38-32-22-5-2-3-6-25(22)36-33(32)41/h2-3,5-10,17,19-20,36,41H,4,11-16,18H2,1H3. The minimum absolute atomic E-state index is 0.0218. The van der Waals surface area contributed by atoms with E-state index in [1.165, 1.54) is 12.1 Å². The zero-order chi connectivity index (χ0) is 31.2. The first-order chi connectivity index (χ1) is 22.0. The molecule has 1 amide bonds. The van der Waals surface area contributed by atoms with Crippen LogP contribution in [0.25, 0.3) is 21.8 Å². The lowest BCUT2D eigenvalue weighted by Crippen LogP contribution is -2.37. The number of para-hydroxylation sites is 1. The topological polar surface area (TPSA) is 131 Å². The number of aromatic hydroxyl groups is 1. The molecule has 12 heteroatoms. The molecule has 0 atom stereocenters. The highest BCUT2D eigenvalue weighted by Crippen LogP contribution is 2.38. The number of carbonyl (C=O) groups is 1. The van der Waals surface area contributed by atoms with Gasteiger partial charge in [-0.3, -0.25) is 14.7 Å². The molecule has 2 aromatic heterocycles.